The number of carboxylic acid groups (broad SMARTS) is 1. The van der Waals surface area contributed by atoms with Gasteiger partial charge in [-0.15, -0.1) is 0 Å². The minimum atomic E-state index is -1.07. The van der Waals surface area contributed by atoms with Crippen LogP contribution in [0.3, 0.4) is 0 Å². The molecule has 2 rings (SSSR count). The van der Waals surface area contributed by atoms with Crippen molar-refractivity contribution in [3.05, 3.63) is 47.2 Å². The van der Waals surface area contributed by atoms with Crippen LogP contribution in [-0.2, 0) is 0 Å². The summed E-state index contributed by atoms with van der Waals surface area (Å²) in [5.41, 5.74) is 8.83. The Hall–Kier alpha value is -2.56. The van der Waals surface area contributed by atoms with Crippen molar-refractivity contribution in [1.29, 1.82) is 0 Å². The van der Waals surface area contributed by atoms with Crippen LogP contribution in [0.2, 0.25) is 0 Å². The Bertz CT molecular complexity index is 618. The highest BCUT2D eigenvalue weighted by Gasteiger charge is 2.10. The number of anilines is 3. The molecular formula is C14H15N3O2. The Labute approximate surface area is 111 Å². The standard InChI is InChI=1S/C14H15N3O2/c1-8-4-3-5-9(2)13(8)17-12-6-10(14(18)19)11(15)7-16-12/h3-7H,15H2,1-2H3,(H,16,17)(H,18,19). The molecule has 0 saturated heterocycles. The summed E-state index contributed by atoms with van der Waals surface area (Å²) in [5, 5.41) is 12.2. The van der Waals surface area contributed by atoms with Crippen LogP contribution >= 0.6 is 0 Å². The van der Waals surface area contributed by atoms with Crippen LogP contribution in [0.25, 0.3) is 0 Å². The summed E-state index contributed by atoms with van der Waals surface area (Å²) in [5.74, 6) is -0.603. The number of nitrogens with two attached hydrogens (primary N) is 1. The minimum Gasteiger partial charge on any atom is -0.478 e. The smallest absolute Gasteiger partial charge is 0.337 e. The first-order valence-electron chi connectivity index (χ1n) is 5.81. The number of hydrogen-bond donors (Lipinski definition) is 3. The van der Waals surface area contributed by atoms with E-state index in [0.29, 0.717) is 5.82 Å². The van der Waals surface area contributed by atoms with Gasteiger partial charge in [-0.2, -0.15) is 0 Å². The molecule has 2 aromatic rings. The zero-order chi connectivity index (χ0) is 14.0. The molecule has 5 heteroatoms. The number of aromatic nitrogens is 1. The Balaban J connectivity index is 2.39. The van der Waals surface area contributed by atoms with E-state index in [1.165, 1.54) is 12.3 Å². The van der Waals surface area contributed by atoms with Crippen LogP contribution in [0.1, 0.15) is 21.5 Å². The third-order valence-corrected chi connectivity index (χ3v) is 2.90. The van der Waals surface area contributed by atoms with Crippen molar-refractivity contribution in [2.75, 3.05) is 11.1 Å². The predicted octanol–water partition coefficient (Wildman–Crippen LogP) is 2.72. The van der Waals surface area contributed by atoms with Gasteiger partial charge in [-0.05, 0) is 31.0 Å². The number of rotatable bonds is 3. The van der Waals surface area contributed by atoms with Crippen molar-refractivity contribution < 1.29 is 9.90 Å². The summed E-state index contributed by atoms with van der Waals surface area (Å²) in [6.07, 6.45) is 1.35. The third kappa shape index (κ3) is 2.65. The van der Waals surface area contributed by atoms with Gasteiger partial charge < -0.3 is 16.2 Å². The monoisotopic (exact) mass is 257 g/mol. The third-order valence-electron chi connectivity index (χ3n) is 2.90. The number of pyridine rings is 1. The van der Waals surface area contributed by atoms with Gasteiger partial charge in [0, 0.05) is 5.69 Å². The molecule has 0 saturated carbocycles. The highest BCUT2D eigenvalue weighted by molar-refractivity contribution is 5.94. The molecule has 0 fully saturated rings. The van der Waals surface area contributed by atoms with E-state index in [9.17, 15) is 4.79 Å². The molecule has 0 unspecified atom stereocenters. The summed E-state index contributed by atoms with van der Waals surface area (Å²) in [6, 6.07) is 7.36. The molecule has 0 spiro atoms. The first kappa shape index (κ1) is 12.9. The highest BCUT2D eigenvalue weighted by atomic mass is 16.4. The molecule has 19 heavy (non-hydrogen) atoms. The van der Waals surface area contributed by atoms with Crippen LogP contribution in [0.5, 0.6) is 0 Å². The van der Waals surface area contributed by atoms with Crippen LogP contribution in [0, 0.1) is 13.8 Å². The molecule has 1 aromatic heterocycles. The van der Waals surface area contributed by atoms with E-state index in [1.807, 2.05) is 32.0 Å². The Morgan fingerprint density at radius 2 is 1.95 bits per heavy atom. The van der Waals surface area contributed by atoms with E-state index in [-0.39, 0.29) is 11.3 Å². The van der Waals surface area contributed by atoms with Gasteiger partial charge in [0.25, 0.3) is 0 Å². The number of aryl methyl sites for hydroxylation is 2. The summed E-state index contributed by atoms with van der Waals surface area (Å²) in [7, 11) is 0. The summed E-state index contributed by atoms with van der Waals surface area (Å²) in [4.78, 5) is 15.1. The lowest BCUT2D eigenvalue weighted by molar-refractivity contribution is 0.0698. The molecule has 0 radical (unpaired) electrons. The van der Waals surface area contributed by atoms with Gasteiger partial charge in [-0.3, -0.25) is 0 Å². The van der Waals surface area contributed by atoms with Crippen LogP contribution < -0.4 is 11.1 Å². The second-order valence-electron chi connectivity index (χ2n) is 4.35. The van der Waals surface area contributed by atoms with Crippen molar-refractivity contribution in [3.63, 3.8) is 0 Å². The maximum Gasteiger partial charge on any atom is 0.337 e. The zero-order valence-electron chi connectivity index (χ0n) is 10.8. The maximum atomic E-state index is 11.0. The summed E-state index contributed by atoms with van der Waals surface area (Å²) >= 11 is 0. The number of carboxylic acids is 1. The number of nitrogens with one attached hydrogen (secondary N) is 1. The average molecular weight is 257 g/mol. The molecule has 1 aromatic carbocycles. The number of hydrogen-bond acceptors (Lipinski definition) is 4. The largest absolute Gasteiger partial charge is 0.478 e. The zero-order valence-corrected chi connectivity index (χ0v) is 10.8. The Morgan fingerprint density at radius 3 is 2.53 bits per heavy atom. The van der Waals surface area contributed by atoms with Crippen molar-refractivity contribution >= 4 is 23.2 Å². The molecule has 1 heterocycles. The number of benzene rings is 1. The second kappa shape index (κ2) is 4.97. The highest BCUT2D eigenvalue weighted by Crippen LogP contribution is 2.24. The average Bonchev–Trinajstić information content (AvgIpc) is 2.35. The number of nitrogen functional groups attached to an aromatic ring is 1. The van der Waals surface area contributed by atoms with E-state index >= 15 is 0 Å². The summed E-state index contributed by atoms with van der Waals surface area (Å²) < 4.78 is 0. The van der Waals surface area contributed by atoms with Crippen LogP contribution in [0.15, 0.2) is 30.5 Å². The molecule has 0 aliphatic rings. The normalized spacial score (nSPS) is 10.2. The Kier molecular flexibility index (Phi) is 3.37. The molecule has 4 N–H and O–H groups in total. The number of aromatic carboxylic acids is 1. The molecular weight excluding hydrogens is 242 g/mol. The first-order chi connectivity index (χ1) is 8.99. The van der Waals surface area contributed by atoms with E-state index in [0.717, 1.165) is 16.8 Å². The molecule has 98 valence electrons. The van der Waals surface area contributed by atoms with Crippen molar-refractivity contribution in [3.8, 4) is 0 Å². The fourth-order valence-corrected chi connectivity index (χ4v) is 1.86. The summed E-state index contributed by atoms with van der Waals surface area (Å²) in [6.45, 7) is 3.95. The quantitative estimate of drug-likeness (QED) is 0.786. The van der Waals surface area contributed by atoms with Gasteiger partial charge >= 0.3 is 5.97 Å². The molecule has 0 aliphatic heterocycles. The lowest BCUT2D eigenvalue weighted by Crippen LogP contribution is -2.05. The van der Waals surface area contributed by atoms with E-state index in [4.69, 9.17) is 10.8 Å². The predicted molar refractivity (Wildman–Crippen MR) is 74.8 cm³/mol. The van der Waals surface area contributed by atoms with Gasteiger partial charge in [0.1, 0.15) is 5.82 Å². The first-order valence-corrected chi connectivity index (χ1v) is 5.81. The lowest BCUT2D eigenvalue weighted by Gasteiger charge is -2.12. The number of carbonyl (C=O) groups is 1. The van der Waals surface area contributed by atoms with Crippen molar-refractivity contribution in [2.45, 2.75) is 13.8 Å². The molecule has 0 aliphatic carbocycles. The molecule has 0 amide bonds. The van der Waals surface area contributed by atoms with Crippen LogP contribution in [0.4, 0.5) is 17.2 Å². The topological polar surface area (TPSA) is 88.2 Å². The SMILES string of the molecule is Cc1cccc(C)c1Nc1cc(C(=O)O)c(N)cn1. The van der Waals surface area contributed by atoms with Gasteiger partial charge in [-0.1, -0.05) is 18.2 Å². The number of nitrogens with zero attached hydrogens (tertiary/aromatic N) is 1. The Morgan fingerprint density at radius 1 is 1.32 bits per heavy atom. The van der Waals surface area contributed by atoms with E-state index in [2.05, 4.69) is 10.3 Å². The number of para-hydroxylation sites is 1. The van der Waals surface area contributed by atoms with E-state index < -0.39 is 5.97 Å². The molecule has 0 atom stereocenters. The van der Waals surface area contributed by atoms with Gasteiger partial charge in [-0.25, -0.2) is 9.78 Å². The fraction of sp³-hybridized carbons (Fsp3) is 0.143. The van der Waals surface area contributed by atoms with Gasteiger partial charge in [0.15, 0.2) is 0 Å². The lowest BCUT2D eigenvalue weighted by atomic mass is 10.1. The molecule has 0 bridgehead atoms. The van der Waals surface area contributed by atoms with Crippen molar-refractivity contribution in [2.24, 2.45) is 0 Å². The van der Waals surface area contributed by atoms with E-state index in [1.54, 1.807) is 0 Å². The fourth-order valence-electron chi connectivity index (χ4n) is 1.86. The van der Waals surface area contributed by atoms with Crippen molar-refractivity contribution in [1.82, 2.24) is 4.98 Å². The van der Waals surface area contributed by atoms with Crippen LogP contribution in [-0.4, -0.2) is 16.1 Å². The minimum absolute atomic E-state index is 0.0451. The van der Waals surface area contributed by atoms with Gasteiger partial charge in [0.2, 0.25) is 0 Å². The second-order valence-corrected chi connectivity index (χ2v) is 4.35. The maximum absolute atomic E-state index is 11.0. The molecule has 5 nitrogen and oxygen atoms in total. The van der Waals surface area contributed by atoms with Gasteiger partial charge in [0.05, 0.1) is 17.4 Å².